The highest BCUT2D eigenvalue weighted by atomic mass is 16.4. The smallest absolute Gasteiger partial charge is 0.306 e. The Hall–Kier alpha value is -4.73. The van der Waals surface area contributed by atoms with E-state index in [4.69, 9.17) is 0 Å². The molecule has 0 saturated carbocycles. The van der Waals surface area contributed by atoms with Crippen LogP contribution in [0.2, 0.25) is 0 Å². The second-order valence-electron chi connectivity index (χ2n) is 12.2. The van der Waals surface area contributed by atoms with Crippen molar-refractivity contribution in [2.75, 3.05) is 0 Å². The summed E-state index contributed by atoms with van der Waals surface area (Å²) in [7, 11) is 0. The maximum absolute atomic E-state index is 12.4. The summed E-state index contributed by atoms with van der Waals surface area (Å²) in [6, 6.07) is 0. The van der Waals surface area contributed by atoms with E-state index in [2.05, 4.69) is 20.3 Å². The number of carbonyl (C=O) groups is 4. The number of aliphatic imine (C=N–C) groups is 1. The van der Waals surface area contributed by atoms with Crippen LogP contribution in [-0.2, 0) is 25.6 Å². The van der Waals surface area contributed by atoms with Crippen LogP contribution in [0.5, 0.6) is 0 Å². The first-order valence-corrected chi connectivity index (χ1v) is 15.9. The van der Waals surface area contributed by atoms with E-state index in [1.165, 1.54) is 0 Å². The van der Waals surface area contributed by atoms with Crippen molar-refractivity contribution in [3.05, 3.63) is 72.3 Å². The average Bonchev–Trinajstić information content (AvgIpc) is 3.63. The number of allylic oxidation sites excluding steroid dienone is 2. The number of aromatic amines is 2. The standard InChI is InChI=1S/C36H44N4O6/c1-9-22(36(45)46)13-25-18(5)26(14-28-23(10-2)19(6)34(43)39-28)37-30(25)16-31-33(17(4)12-32(41)42)21(8)27(38-31)15-29-24(11-3)20(7)35(44)40-29/h14-17,22,37-38H,9-13H2,1-8H3,(H,40,44)(H,41,42)(H,45,46)/b26-14+,29-15-,30-16+/t17-,22-/m0/s1. The molecule has 10 heteroatoms. The highest BCUT2D eigenvalue weighted by molar-refractivity contribution is 6.30. The lowest BCUT2D eigenvalue weighted by Gasteiger charge is -2.11. The molecule has 46 heavy (non-hydrogen) atoms. The molecule has 10 nitrogen and oxygen atoms in total. The van der Waals surface area contributed by atoms with Crippen LogP contribution >= 0.6 is 0 Å². The van der Waals surface area contributed by atoms with Crippen molar-refractivity contribution in [3.63, 3.8) is 0 Å². The Morgan fingerprint density at radius 2 is 1.52 bits per heavy atom. The Morgan fingerprint density at radius 1 is 0.848 bits per heavy atom. The predicted octanol–water partition coefficient (Wildman–Crippen LogP) is 4.71. The van der Waals surface area contributed by atoms with E-state index in [0.29, 0.717) is 52.9 Å². The van der Waals surface area contributed by atoms with Gasteiger partial charge < -0.3 is 25.5 Å². The molecule has 2 aromatic heterocycles. The monoisotopic (exact) mass is 628 g/mol. The van der Waals surface area contributed by atoms with Gasteiger partial charge in [0.15, 0.2) is 0 Å². The van der Waals surface area contributed by atoms with Crippen LogP contribution in [-0.4, -0.2) is 49.6 Å². The molecule has 2 aliphatic heterocycles. The zero-order chi connectivity index (χ0) is 34.0. The molecule has 0 unspecified atom stereocenters. The van der Waals surface area contributed by atoms with Crippen molar-refractivity contribution in [2.45, 2.75) is 93.4 Å². The van der Waals surface area contributed by atoms with Crippen LogP contribution in [0.3, 0.4) is 0 Å². The van der Waals surface area contributed by atoms with Crippen molar-refractivity contribution < 1.29 is 29.4 Å². The zero-order valence-electron chi connectivity index (χ0n) is 27.9. The van der Waals surface area contributed by atoms with Gasteiger partial charge in [0.05, 0.1) is 18.1 Å². The van der Waals surface area contributed by atoms with Crippen molar-refractivity contribution in [1.82, 2.24) is 15.3 Å². The Morgan fingerprint density at radius 3 is 2.11 bits per heavy atom. The van der Waals surface area contributed by atoms with E-state index in [-0.39, 0.29) is 30.6 Å². The molecule has 2 atom stereocenters. The Balaban J connectivity index is 1.99. The van der Waals surface area contributed by atoms with Crippen LogP contribution in [0.25, 0.3) is 18.2 Å². The number of hydrogen-bond acceptors (Lipinski definition) is 4. The number of aromatic nitrogens is 2. The SMILES string of the molecule is CCC1=C(C)C(=O)N=C1/C=c1/[nH]/c(=C/c2[nH]c(/C=C3\NC(=O)C(C)=C3CC)c(C)c2[C@@H](C)CC(=O)O)c(C[C@H](CC)C(=O)O)c1C. The molecule has 0 spiro atoms. The molecule has 0 aromatic carbocycles. The molecule has 0 bridgehead atoms. The highest BCUT2D eigenvalue weighted by Crippen LogP contribution is 2.32. The molecule has 0 aliphatic carbocycles. The predicted molar refractivity (Wildman–Crippen MR) is 179 cm³/mol. The van der Waals surface area contributed by atoms with Gasteiger partial charge >= 0.3 is 11.9 Å². The molecule has 2 aliphatic rings. The number of carboxylic acid groups (broad SMARTS) is 2. The summed E-state index contributed by atoms with van der Waals surface area (Å²) in [5, 5.41) is 24.0. The Labute approximate surface area is 268 Å². The van der Waals surface area contributed by atoms with Gasteiger partial charge in [-0.25, -0.2) is 4.99 Å². The topological polar surface area (TPSA) is 165 Å². The molecular formula is C36H44N4O6. The molecule has 5 N–H and O–H groups in total. The second-order valence-corrected chi connectivity index (χ2v) is 12.2. The zero-order valence-corrected chi connectivity index (χ0v) is 27.9. The summed E-state index contributed by atoms with van der Waals surface area (Å²) in [6.45, 7) is 15.1. The summed E-state index contributed by atoms with van der Waals surface area (Å²) in [5.74, 6) is -3.16. The summed E-state index contributed by atoms with van der Waals surface area (Å²) in [4.78, 5) is 59.9. The van der Waals surface area contributed by atoms with E-state index in [1.807, 2.05) is 59.8 Å². The van der Waals surface area contributed by atoms with Gasteiger partial charge in [-0.15, -0.1) is 0 Å². The number of aliphatic carboxylic acids is 2. The van der Waals surface area contributed by atoms with Crippen molar-refractivity contribution in [3.8, 4) is 0 Å². The average molecular weight is 629 g/mol. The first-order valence-electron chi connectivity index (χ1n) is 15.9. The van der Waals surface area contributed by atoms with Gasteiger partial charge in [0.2, 0.25) is 0 Å². The third-order valence-corrected chi connectivity index (χ3v) is 9.32. The maximum atomic E-state index is 12.4. The summed E-state index contributed by atoms with van der Waals surface area (Å²) in [5.41, 5.74) is 9.20. The van der Waals surface area contributed by atoms with Gasteiger partial charge in [0.1, 0.15) is 0 Å². The van der Waals surface area contributed by atoms with Gasteiger partial charge in [-0.05, 0) is 111 Å². The Kier molecular flexibility index (Phi) is 10.2. The summed E-state index contributed by atoms with van der Waals surface area (Å²) in [6.07, 6.45) is 7.61. The number of nitrogens with zero attached hydrogens (tertiary/aromatic N) is 1. The van der Waals surface area contributed by atoms with Gasteiger partial charge in [-0.2, -0.15) is 0 Å². The van der Waals surface area contributed by atoms with Crippen molar-refractivity contribution in [1.29, 1.82) is 0 Å². The molecule has 0 saturated heterocycles. The normalized spacial score (nSPS) is 18.3. The number of carbonyl (C=O) groups excluding carboxylic acids is 2. The minimum absolute atomic E-state index is 0.0859. The first-order chi connectivity index (χ1) is 21.7. The molecule has 2 amide bonds. The van der Waals surface area contributed by atoms with E-state index in [9.17, 15) is 29.4 Å². The van der Waals surface area contributed by atoms with Crippen LogP contribution in [0, 0.1) is 19.8 Å². The van der Waals surface area contributed by atoms with Crippen LogP contribution in [0.15, 0.2) is 33.0 Å². The van der Waals surface area contributed by atoms with Crippen LogP contribution < -0.4 is 16.0 Å². The van der Waals surface area contributed by atoms with Gasteiger partial charge in [-0.1, -0.05) is 27.7 Å². The molecule has 0 radical (unpaired) electrons. The molecule has 2 aromatic rings. The number of amides is 2. The second kappa shape index (κ2) is 13.7. The number of nitrogens with one attached hydrogen (secondary N) is 3. The fourth-order valence-corrected chi connectivity index (χ4v) is 6.55. The van der Waals surface area contributed by atoms with E-state index < -0.39 is 17.9 Å². The third kappa shape index (κ3) is 6.61. The lowest BCUT2D eigenvalue weighted by Crippen LogP contribution is -2.20. The quantitative estimate of drug-likeness (QED) is 0.229. The maximum Gasteiger partial charge on any atom is 0.306 e. The van der Waals surface area contributed by atoms with Crippen LogP contribution in [0.4, 0.5) is 0 Å². The number of rotatable bonds is 12. The lowest BCUT2D eigenvalue weighted by atomic mass is 9.92. The Bertz CT molecular complexity index is 1880. The van der Waals surface area contributed by atoms with Gasteiger partial charge in [-0.3, -0.25) is 19.2 Å². The largest absolute Gasteiger partial charge is 0.481 e. The minimum Gasteiger partial charge on any atom is -0.481 e. The van der Waals surface area contributed by atoms with Crippen molar-refractivity contribution in [2.24, 2.45) is 10.9 Å². The lowest BCUT2D eigenvalue weighted by molar-refractivity contribution is -0.142. The minimum atomic E-state index is -0.920. The van der Waals surface area contributed by atoms with Gasteiger partial charge in [0, 0.05) is 38.9 Å². The third-order valence-electron chi connectivity index (χ3n) is 9.32. The summed E-state index contributed by atoms with van der Waals surface area (Å²) >= 11 is 0. The fourth-order valence-electron chi connectivity index (χ4n) is 6.55. The molecule has 244 valence electrons. The molecule has 0 fully saturated rings. The van der Waals surface area contributed by atoms with Gasteiger partial charge in [0.25, 0.3) is 11.8 Å². The van der Waals surface area contributed by atoms with Crippen molar-refractivity contribution >= 4 is 47.7 Å². The summed E-state index contributed by atoms with van der Waals surface area (Å²) < 4.78 is 0. The number of carboxylic acids is 2. The first kappa shape index (κ1) is 34.1. The van der Waals surface area contributed by atoms with Crippen LogP contribution in [0.1, 0.15) is 107 Å². The molecule has 4 heterocycles. The van der Waals surface area contributed by atoms with E-state index >= 15 is 0 Å². The fraction of sp³-hybridized carbons (Fsp3) is 0.417. The number of H-pyrrole nitrogens is 2. The highest BCUT2D eigenvalue weighted by Gasteiger charge is 2.26. The van der Waals surface area contributed by atoms with E-state index in [0.717, 1.165) is 44.4 Å². The number of hydrogen-bond donors (Lipinski definition) is 5. The molecule has 4 rings (SSSR count). The van der Waals surface area contributed by atoms with E-state index in [1.54, 1.807) is 13.8 Å². The molecular weight excluding hydrogens is 584 g/mol.